The number of nitrogens with zero attached hydrogens (tertiary/aromatic N) is 5. The summed E-state index contributed by atoms with van der Waals surface area (Å²) >= 11 is 0. The fourth-order valence-corrected chi connectivity index (χ4v) is 3.56. The number of imidazole rings is 1. The number of fused-ring (bicyclic) bond motifs is 1. The van der Waals surface area contributed by atoms with Crippen molar-refractivity contribution >= 4 is 17.2 Å². The maximum atomic E-state index is 4.88. The Labute approximate surface area is 174 Å². The lowest BCUT2D eigenvalue weighted by Crippen LogP contribution is -2.00. The number of hydrogen-bond acceptors (Lipinski definition) is 3. The van der Waals surface area contributed by atoms with Crippen molar-refractivity contribution in [2.45, 2.75) is 13.5 Å². The van der Waals surface area contributed by atoms with E-state index in [1.165, 1.54) is 11.1 Å². The van der Waals surface area contributed by atoms with Gasteiger partial charge < -0.3 is 0 Å². The summed E-state index contributed by atoms with van der Waals surface area (Å²) in [5.41, 5.74) is 7.28. The van der Waals surface area contributed by atoms with Crippen LogP contribution in [0.1, 0.15) is 16.7 Å². The lowest BCUT2D eigenvalue weighted by atomic mass is 10.1. The third-order valence-corrected chi connectivity index (χ3v) is 5.02. The van der Waals surface area contributed by atoms with Crippen molar-refractivity contribution in [3.05, 3.63) is 108 Å². The molecule has 0 saturated heterocycles. The van der Waals surface area contributed by atoms with Crippen molar-refractivity contribution in [1.29, 1.82) is 0 Å². The van der Waals surface area contributed by atoms with Crippen LogP contribution in [0.15, 0.2) is 96.5 Å². The molecular formula is C25H21N5. The lowest BCUT2D eigenvalue weighted by Gasteiger charge is -2.02. The highest BCUT2D eigenvalue weighted by Crippen LogP contribution is 2.23. The molecule has 0 saturated carbocycles. The summed E-state index contributed by atoms with van der Waals surface area (Å²) in [5.74, 6) is 0. The van der Waals surface area contributed by atoms with Crippen molar-refractivity contribution in [3.8, 4) is 11.3 Å². The van der Waals surface area contributed by atoms with Crippen LogP contribution in [0.25, 0.3) is 22.3 Å². The van der Waals surface area contributed by atoms with E-state index in [-0.39, 0.29) is 0 Å². The van der Waals surface area contributed by atoms with E-state index in [4.69, 9.17) is 5.10 Å². The molecule has 0 atom stereocenters. The summed E-state index contributed by atoms with van der Waals surface area (Å²) in [6.07, 6.45) is 5.65. The van der Waals surface area contributed by atoms with Crippen LogP contribution in [0.3, 0.4) is 0 Å². The molecule has 0 unspecified atom stereocenters. The smallest absolute Gasteiger partial charge is 0.118 e. The highest BCUT2D eigenvalue weighted by molar-refractivity contribution is 5.89. The molecule has 0 aliphatic heterocycles. The van der Waals surface area contributed by atoms with Gasteiger partial charge in [0.15, 0.2) is 0 Å². The Kier molecular flexibility index (Phi) is 4.69. The lowest BCUT2D eigenvalue weighted by molar-refractivity contribution is 0.689. The Bertz CT molecular complexity index is 1330. The first-order valence-electron chi connectivity index (χ1n) is 9.91. The molecule has 30 heavy (non-hydrogen) atoms. The number of para-hydroxylation sites is 2. The molecule has 0 aliphatic carbocycles. The van der Waals surface area contributed by atoms with Crippen LogP contribution in [-0.4, -0.2) is 25.7 Å². The van der Waals surface area contributed by atoms with Gasteiger partial charge in [-0.15, -0.1) is 0 Å². The predicted molar refractivity (Wildman–Crippen MR) is 121 cm³/mol. The van der Waals surface area contributed by atoms with Crippen LogP contribution in [-0.2, 0) is 6.54 Å². The molecule has 0 N–H and O–H groups in total. The fraction of sp³-hybridized carbons (Fsp3) is 0.0800. The van der Waals surface area contributed by atoms with Gasteiger partial charge in [0.2, 0.25) is 0 Å². The maximum Gasteiger partial charge on any atom is 0.118 e. The fourth-order valence-electron chi connectivity index (χ4n) is 3.56. The van der Waals surface area contributed by atoms with Crippen LogP contribution < -0.4 is 0 Å². The molecule has 5 aromatic rings. The molecule has 5 rings (SSSR count). The summed E-state index contributed by atoms with van der Waals surface area (Å²) < 4.78 is 3.77. The van der Waals surface area contributed by atoms with E-state index in [0.717, 1.165) is 27.9 Å². The molecule has 0 aliphatic rings. The maximum absolute atomic E-state index is 4.88. The SMILES string of the molecule is Cc1cccc(-c2nn(Cc3ccccc3)cc2/C=N\n2cnc3ccccc32)c1. The topological polar surface area (TPSA) is 48.0 Å². The van der Waals surface area contributed by atoms with Crippen molar-refractivity contribution < 1.29 is 0 Å². The number of hydrogen-bond donors (Lipinski definition) is 0. The number of benzene rings is 3. The van der Waals surface area contributed by atoms with E-state index in [1.54, 1.807) is 11.0 Å². The van der Waals surface area contributed by atoms with Gasteiger partial charge in [0.05, 0.1) is 23.8 Å². The van der Waals surface area contributed by atoms with Crippen molar-refractivity contribution in [2.24, 2.45) is 5.10 Å². The zero-order chi connectivity index (χ0) is 20.3. The summed E-state index contributed by atoms with van der Waals surface area (Å²) in [4.78, 5) is 4.41. The van der Waals surface area contributed by atoms with E-state index in [2.05, 4.69) is 53.4 Å². The average Bonchev–Trinajstić information content (AvgIpc) is 3.37. The second-order valence-electron chi connectivity index (χ2n) is 7.31. The molecule has 5 nitrogen and oxygen atoms in total. The average molecular weight is 391 g/mol. The largest absolute Gasteiger partial charge is 0.267 e. The van der Waals surface area contributed by atoms with E-state index < -0.39 is 0 Å². The van der Waals surface area contributed by atoms with Crippen molar-refractivity contribution in [2.75, 3.05) is 0 Å². The molecule has 0 bridgehead atoms. The summed E-state index contributed by atoms with van der Waals surface area (Å²) in [6.45, 7) is 2.80. The molecule has 5 heteroatoms. The predicted octanol–water partition coefficient (Wildman–Crippen LogP) is 5.14. The Hall–Kier alpha value is -3.99. The number of aryl methyl sites for hydroxylation is 1. The molecule has 146 valence electrons. The van der Waals surface area contributed by atoms with Gasteiger partial charge in [-0.05, 0) is 30.7 Å². The van der Waals surface area contributed by atoms with Gasteiger partial charge >= 0.3 is 0 Å². The molecule has 0 amide bonds. The van der Waals surface area contributed by atoms with Gasteiger partial charge in [0.1, 0.15) is 12.0 Å². The zero-order valence-corrected chi connectivity index (χ0v) is 16.7. The molecule has 2 aromatic heterocycles. The number of aromatic nitrogens is 4. The molecule has 3 aromatic carbocycles. The van der Waals surface area contributed by atoms with E-state index >= 15 is 0 Å². The van der Waals surface area contributed by atoms with Crippen LogP contribution in [0.2, 0.25) is 0 Å². The molecule has 0 radical (unpaired) electrons. The highest BCUT2D eigenvalue weighted by Gasteiger charge is 2.11. The molecular weight excluding hydrogens is 370 g/mol. The monoisotopic (exact) mass is 391 g/mol. The summed E-state index contributed by atoms with van der Waals surface area (Å²) in [5, 5.41) is 9.55. The first-order valence-corrected chi connectivity index (χ1v) is 9.91. The van der Waals surface area contributed by atoms with Crippen LogP contribution >= 0.6 is 0 Å². The zero-order valence-electron chi connectivity index (χ0n) is 16.7. The van der Waals surface area contributed by atoms with Gasteiger partial charge in [0.25, 0.3) is 0 Å². The Morgan fingerprint density at radius 2 is 1.77 bits per heavy atom. The van der Waals surface area contributed by atoms with Crippen LogP contribution in [0.5, 0.6) is 0 Å². The summed E-state index contributed by atoms with van der Waals surface area (Å²) in [7, 11) is 0. The minimum atomic E-state index is 0.710. The van der Waals surface area contributed by atoms with Crippen molar-refractivity contribution in [1.82, 2.24) is 19.4 Å². The first kappa shape index (κ1) is 18.1. The molecule has 0 spiro atoms. The van der Waals surface area contributed by atoms with Crippen LogP contribution in [0, 0.1) is 6.92 Å². The quantitative estimate of drug-likeness (QED) is 0.390. The minimum Gasteiger partial charge on any atom is -0.267 e. The van der Waals surface area contributed by atoms with Gasteiger partial charge in [0, 0.05) is 17.3 Å². The van der Waals surface area contributed by atoms with E-state index in [9.17, 15) is 0 Å². The highest BCUT2D eigenvalue weighted by atomic mass is 15.4. The third kappa shape index (κ3) is 3.65. The van der Waals surface area contributed by atoms with Crippen LogP contribution in [0.4, 0.5) is 0 Å². The minimum absolute atomic E-state index is 0.710. The van der Waals surface area contributed by atoms with Crippen molar-refractivity contribution in [3.63, 3.8) is 0 Å². The van der Waals surface area contributed by atoms with Gasteiger partial charge in [-0.25, -0.2) is 9.66 Å². The Balaban J connectivity index is 1.55. The standard InChI is InChI=1S/C25H21N5/c1-19-8-7-11-21(14-19)25-22(17-29(28-25)16-20-9-3-2-4-10-20)15-27-30-18-26-23-12-5-6-13-24(23)30/h2-15,17-18H,16H2,1H3/b27-15-. The van der Waals surface area contributed by atoms with Gasteiger partial charge in [-0.1, -0.05) is 66.2 Å². The third-order valence-electron chi connectivity index (χ3n) is 5.02. The Morgan fingerprint density at radius 3 is 2.63 bits per heavy atom. The Morgan fingerprint density at radius 1 is 0.933 bits per heavy atom. The number of rotatable bonds is 5. The van der Waals surface area contributed by atoms with Gasteiger partial charge in [-0.2, -0.15) is 10.2 Å². The van der Waals surface area contributed by atoms with E-state index in [1.807, 2.05) is 59.6 Å². The van der Waals surface area contributed by atoms with Gasteiger partial charge in [-0.3, -0.25) is 4.68 Å². The second-order valence-corrected chi connectivity index (χ2v) is 7.31. The first-order chi connectivity index (χ1) is 14.8. The molecule has 0 fully saturated rings. The van der Waals surface area contributed by atoms with E-state index in [0.29, 0.717) is 6.54 Å². The summed E-state index contributed by atoms with van der Waals surface area (Å²) in [6, 6.07) is 26.7. The molecule has 2 heterocycles. The normalized spacial score (nSPS) is 11.5. The second kappa shape index (κ2) is 7.79.